The summed E-state index contributed by atoms with van der Waals surface area (Å²) in [4.78, 5) is 42.8. The highest BCUT2D eigenvalue weighted by Gasteiger charge is 2.43. The molecule has 0 spiro atoms. The molecular formula is C34H48N4O5. The predicted octanol–water partition coefficient (Wildman–Crippen LogP) is 2.99. The Kier molecular flexibility index (Phi) is 11.6. The van der Waals surface area contributed by atoms with Crippen LogP contribution in [0.25, 0.3) is 0 Å². The van der Waals surface area contributed by atoms with Crippen molar-refractivity contribution in [3.05, 3.63) is 65.7 Å². The van der Waals surface area contributed by atoms with Gasteiger partial charge in [-0.05, 0) is 62.6 Å². The number of likely N-dealkylation sites (N-methyl/N-ethyl adjacent to an activating group) is 1. The van der Waals surface area contributed by atoms with Crippen molar-refractivity contribution in [3.63, 3.8) is 0 Å². The molecule has 4 N–H and O–H groups in total. The predicted molar refractivity (Wildman–Crippen MR) is 167 cm³/mol. The summed E-state index contributed by atoms with van der Waals surface area (Å²) in [5.41, 5.74) is 0.383. The lowest BCUT2D eigenvalue weighted by molar-refractivity contribution is -0.151. The molecule has 2 aromatic rings. The summed E-state index contributed by atoms with van der Waals surface area (Å²) < 4.78 is 6.15. The number of nitrogens with one attached hydrogen (secondary N) is 3. The van der Waals surface area contributed by atoms with E-state index in [2.05, 4.69) is 16.0 Å². The summed E-state index contributed by atoms with van der Waals surface area (Å²) in [5, 5.41) is 20.5. The van der Waals surface area contributed by atoms with Crippen LogP contribution >= 0.6 is 0 Å². The van der Waals surface area contributed by atoms with E-state index in [-0.39, 0.29) is 24.2 Å². The molecule has 0 aromatic heterocycles. The fraction of sp³-hybridized carbons (Fsp3) is 0.559. The lowest BCUT2D eigenvalue weighted by atomic mass is 9.82. The second kappa shape index (κ2) is 15.3. The molecule has 9 nitrogen and oxygen atoms in total. The van der Waals surface area contributed by atoms with Crippen LogP contribution < -0.4 is 20.7 Å². The molecule has 3 amide bonds. The van der Waals surface area contributed by atoms with E-state index in [1.165, 1.54) is 18.7 Å². The average Bonchev–Trinajstić information content (AvgIpc) is 2.99. The van der Waals surface area contributed by atoms with Gasteiger partial charge >= 0.3 is 0 Å². The Morgan fingerprint density at radius 2 is 1.60 bits per heavy atom. The average molecular weight is 593 g/mol. The topological polar surface area (TPSA) is 120 Å². The third-order valence-corrected chi connectivity index (χ3v) is 8.57. The molecule has 0 unspecified atom stereocenters. The van der Waals surface area contributed by atoms with Gasteiger partial charge in [-0.3, -0.25) is 14.4 Å². The van der Waals surface area contributed by atoms with Crippen LogP contribution in [0.4, 0.5) is 0 Å². The second-order valence-electron chi connectivity index (χ2n) is 12.4. The third-order valence-electron chi connectivity index (χ3n) is 8.57. The standard InChI is InChI=1S/C34H48N4O5/c1-34(2,42)30-32(40)37-27(23-24-13-6-4-7-14-24)31(39)36-20-12-18-25-15-10-11-19-28(25)43-22-21-35-29(33(41)38(30)3)26-16-8-5-9-17-26/h4,6-7,10-11,13-15,19,26-27,29-30,35,42H,5,8-9,12,16-18,20-23H2,1-3H3,(H,36,39)(H,37,40)/t27-,29+,30-/m1/s1. The first kappa shape index (κ1) is 32.5. The van der Waals surface area contributed by atoms with Crippen LogP contribution in [-0.2, 0) is 27.2 Å². The van der Waals surface area contributed by atoms with Crippen LogP contribution in [0.5, 0.6) is 5.75 Å². The number of ether oxygens (including phenoxy) is 1. The molecule has 43 heavy (non-hydrogen) atoms. The highest BCUT2D eigenvalue weighted by Crippen LogP contribution is 2.29. The van der Waals surface area contributed by atoms with Crippen molar-refractivity contribution in [2.24, 2.45) is 5.92 Å². The quantitative estimate of drug-likeness (QED) is 0.434. The largest absolute Gasteiger partial charge is 0.492 e. The van der Waals surface area contributed by atoms with E-state index in [4.69, 9.17) is 4.74 Å². The van der Waals surface area contributed by atoms with Gasteiger partial charge in [0.2, 0.25) is 17.7 Å². The smallest absolute Gasteiger partial charge is 0.246 e. The maximum Gasteiger partial charge on any atom is 0.246 e. The zero-order chi connectivity index (χ0) is 30.8. The molecule has 1 heterocycles. The van der Waals surface area contributed by atoms with Crippen molar-refractivity contribution in [3.8, 4) is 5.75 Å². The van der Waals surface area contributed by atoms with Gasteiger partial charge in [-0.1, -0.05) is 67.8 Å². The minimum absolute atomic E-state index is 0.115. The molecule has 1 saturated carbocycles. The summed E-state index contributed by atoms with van der Waals surface area (Å²) in [5.74, 6) is -0.220. The maximum atomic E-state index is 14.1. The first-order valence-corrected chi connectivity index (χ1v) is 15.7. The number of rotatable bonds is 4. The van der Waals surface area contributed by atoms with Crippen LogP contribution in [0.2, 0.25) is 0 Å². The molecule has 1 aliphatic carbocycles. The normalized spacial score (nSPS) is 24.1. The summed E-state index contributed by atoms with van der Waals surface area (Å²) in [7, 11) is 1.57. The van der Waals surface area contributed by atoms with Crippen molar-refractivity contribution < 1.29 is 24.2 Å². The lowest BCUT2D eigenvalue weighted by Gasteiger charge is -2.40. The van der Waals surface area contributed by atoms with Crippen LogP contribution in [0.15, 0.2) is 54.6 Å². The molecule has 0 saturated heterocycles. The Hall–Kier alpha value is -3.43. The molecule has 0 bridgehead atoms. The van der Waals surface area contributed by atoms with E-state index in [0.717, 1.165) is 49.0 Å². The third kappa shape index (κ3) is 9.03. The monoisotopic (exact) mass is 592 g/mol. The Morgan fingerprint density at radius 3 is 2.33 bits per heavy atom. The zero-order valence-corrected chi connectivity index (χ0v) is 25.8. The molecule has 3 atom stereocenters. The molecule has 234 valence electrons. The van der Waals surface area contributed by atoms with Crippen molar-refractivity contribution in [2.75, 3.05) is 26.7 Å². The van der Waals surface area contributed by atoms with E-state index in [0.29, 0.717) is 32.5 Å². The van der Waals surface area contributed by atoms with Crippen LogP contribution in [0, 0.1) is 5.92 Å². The number of hydrogen-bond acceptors (Lipinski definition) is 6. The van der Waals surface area contributed by atoms with Crippen molar-refractivity contribution >= 4 is 17.7 Å². The number of carbonyl (C=O) groups is 3. The van der Waals surface area contributed by atoms with Crippen LogP contribution in [-0.4, -0.2) is 78.2 Å². The summed E-state index contributed by atoms with van der Waals surface area (Å²) in [6, 6.07) is 14.8. The first-order valence-electron chi connectivity index (χ1n) is 15.7. The van der Waals surface area contributed by atoms with Gasteiger partial charge in [0.15, 0.2) is 0 Å². The Labute approximate surface area is 255 Å². The fourth-order valence-corrected chi connectivity index (χ4v) is 6.39. The molecule has 1 fully saturated rings. The van der Waals surface area contributed by atoms with E-state index in [1.54, 1.807) is 7.05 Å². The summed E-state index contributed by atoms with van der Waals surface area (Å²) >= 11 is 0. The van der Waals surface area contributed by atoms with Crippen molar-refractivity contribution in [1.82, 2.24) is 20.9 Å². The van der Waals surface area contributed by atoms with Gasteiger partial charge < -0.3 is 30.7 Å². The number of benzene rings is 2. The van der Waals surface area contributed by atoms with Gasteiger partial charge in [0.25, 0.3) is 0 Å². The highest BCUT2D eigenvalue weighted by atomic mass is 16.5. The minimum Gasteiger partial charge on any atom is -0.492 e. The van der Waals surface area contributed by atoms with Gasteiger partial charge in [0, 0.05) is 26.6 Å². The van der Waals surface area contributed by atoms with E-state index in [9.17, 15) is 19.5 Å². The summed E-state index contributed by atoms with van der Waals surface area (Å²) in [6.45, 7) is 4.31. The number of para-hydroxylation sites is 1. The second-order valence-corrected chi connectivity index (χ2v) is 12.4. The molecule has 2 aromatic carbocycles. The number of carbonyl (C=O) groups excluding carboxylic acids is 3. The molecule has 2 aliphatic rings. The van der Waals surface area contributed by atoms with E-state index in [1.807, 2.05) is 54.6 Å². The zero-order valence-electron chi connectivity index (χ0n) is 25.8. The first-order chi connectivity index (χ1) is 20.6. The number of nitrogens with zero attached hydrogens (tertiary/aromatic N) is 1. The number of hydrogen-bond donors (Lipinski definition) is 4. The highest BCUT2D eigenvalue weighted by molar-refractivity contribution is 5.94. The molecule has 1 aliphatic heterocycles. The van der Waals surface area contributed by atoms with Gasteiger partial charge in [0.05, 0.1) is 11.6 Å². The molecular weight excluding hydrogens is 544 g/mol. The molecule has 9 heteroatoms. The molecule has 4 rings (SSSR count). The van der Waals surface area contributed by atoms with Gasteiger partial charge in [-0.2, -0.15) is 0 Å². The van der Waals surface area contributed by atoms with E-state index >= 15 is 0 Å². The van der Waals surface area contributed by atoms with E-state index < -0.39 is 29.6 Å². The molecule has 0 radical (unpaired) electrons. The Morgan fingerprint density at radius 1 is 0.907 bits per heavy atom. The van der Waals surface area contributed by atoms with Crippen molar-refractivity contribution in [1.29, 1.82) is 0 Å². The summed E-state index contributed by atoms with van der Waals surface area (Å²) in [6.07, 6.45) is 6.77. The number of aryl methyl sites for hydroxylation is 1. The SMILES string of the molecule is CN1C(=O)[C@H](C2CCCCC2)NCCOc2ccccc2CCCNC(=O)[C@@H](Cc2ccccc2)NC(=O)[C@@H]1C(C)(C)O. The van der Waals surface area contributed by atoms with Crippen LogP contribution in [0.1, 0.15) is 63.5 Å². The van der Waals surface area contributed by atoms with Crippen molar-refractivity contribution in [2.45, 2.75) is 88.9 Å². The maximum absolute atomic E-state index is 14.1. The number of aliphatic hydroxyl groups is 1. The van der Waals surface area contributed by atoms with Gasteiger partial charge in [-0.25, -0.2) is 0 Å². The number of fused-ring (bicyclic) bond motifs is 1. The Bertz CT molecular complexity index is 1210. The van der Waals surface area contributed by atoms with Gasteiger partial charge in [-0.15, -0.1) is 0 Å². The number of amides is 3. The van der Waals surface area contributed by atoms with Crippen LogP contribution in [0.3, 0.4) is 0 Å². The Balaban J connectivity index is 1.65. The minimum atomic E-state index is -1.56. The fourth-order valence-electron chi connectivity index (χ4n) is 6.39. The van der Waals surface area contributed by atoms with Gasteiger partial charge in [0.1, 0.15) is 24.4 Å². The lowest BCUT2D eigenvalue weighted by Crippen LogP contribution is -2.64.